The number of imide groups is 1. The van der Waals surface area contributed by atoms with Gasteiger partial charge in [0.15, 0.2) is 0 Å². The predicted molar refractivity (Wildman–Crippen MR) is 122 cm³/mol. The minimum absolute atomic E-state index is 0.293. The highest BCUT2D eigenvalue weighted by atomic mass is 35.5. The third-order valence-electron chi connectivity index (χ3n) is 4.58. The molecule has 0 radical (unpaired) electrons. The topological polar surface area (TPSA) is 46.6 Å². The van der Waals surface area contributed by atoms with Gasteiger partial charge in [-0.15, -0.1) is 0 Å². The number of hydrogen-bond donors (Lipinski definition) is 0. The Bertz CT molecular complexity index is 1110. The van der Waals surface area contributed by atoms with Crippen LogP contribution in [0.2, 0.25) is 5.02 Å². The van der Waals surface area contributed by atoms with Crippen molar-refractivity contribution < 1.29 is 14.3 Å². The standard InChI is InChI=1S/C24H18ClNO3S/c1-16-2-10-20(11-3-16)26-23(27)22(30-24(26)28)14-17-6-12-21(13-7-17)29-15-18-4-8-19(25)9-5-18/h2-14H,15H2,1H3/b22-14-. The van der Waals surface area contributed by atoms with Crippen molar-refractivity contribution >= 4 is 46.3 Å². The molecule has 2 amide bonds. The molecule has 4 nitrogen and oxygen atoms in total. The quantitative estimate of drug-likeness (QED) is 0.431. The minimum atomic E-state index is -0.308. The van der Waals surface area contributed by atoms with E-state index in [1.807, 2.05) is 67.6 Å². The highest BCUT2D eigenvalue weighted by Crippen LogP contribution is 2.35. The number of carbonyl (C=O) groups is 2. The van der Waals surface area contributed by atoms with Crippen LogP contribution in [0.4, 0.5) is 10.5 Å². The summed E-state index contributed by atoms with van der Waals surface area (Å²) in [7, 11) is 0. The average Bonchev–Trinajstić information content (AvgIpc) is 3.02. The lowest BCUT2D eigenvalue weighted by molar-refractivity contribution is -0.113. The Labute approximate surface area is 184 Å². The fraction of sp³-hybridized carbons (Fsp3) is 0.0833. The van der Waals surface area contributed by atoms with Crippen LogP contribution in [0.5, 0.6) is 5.75 Å². The Morgan fingerprint density at radius 2 is 1.60 bits per heavy atom. The lowest BCUT2D eigenvalue weighted by Crippen LogP contribution is -2.27. The molecule has 3 aromatic rings. The van der Waals surface area contributed by atoms with Crippen molar-refractivity contribution in [3.63, 3.8) is 0 Å². The summed E-state index contributed by atoms with van der Waals surface area (Å²) in [5.41, 5.74) is 3.49. The van der Waals surface area contributed by atoms with Gasteiger partial charge in [-0.25, -0.2) is 4.90 Å². The van der Waals surface area contributed by atoms with E-state index in [1.165, 1.54) is 4.90 Å². The summed E-state index contributed by atoms with van der Waals surface area (Å²) < 4.78 is 5.78. The Hall–Kier alpha value is -3.02. The van der Waals surface area contributed by atoms with Crippen LogP contribution in [0.3, 0.4) is 0 Å². The molecule has 1 saturated heterocycles. The van der Waals surface area contributed by atoms with Gasteiger partial charge in [0.25, 0.3) is 11.1 Å². The van der Waals surface area contributed by atoms with Gasteiger partial charge < -0.3 is 4.74 Å². The summed E-state index contributed by atoms with van der Waals surface area (Å²) in [4.78, 5) is 26.7. The molecule has 0 atom stereocenters. The largest absolute Gasteiger partial charge is 0.489 e. The molecule has 0 aliphatic carbocycles. The Balaban J connectivity index is 1.44. The zero-order valence-corrected chi connectivity index (χ0v) is 17.7. The first-order valence-corrected chi connectivity index (χ1v) is 10.5. The van der Waals surface area contributed by atoms with E-state index in [1.54, 1.807) is 18.2 Å². The highest BCUT2D eigenvalue weighted by molar-refractivity contribution is 8.19. The van der Waals surface area contributed by atoms with Crippen molar-refractivity contribution in [3.8, 4) is 5.75 Å². The lowest BCUT2D eigenvalue weighted by atomic mass is 10.2. The van der Waals surface area contributed by atoms with Crippen molar-refractivity contribution in [1.29, 1.82) is 0 Å². The molecule has 6 heteroatoms. The van der Waals surface area contributed by atoms with Crippen LogP contribution < -0.4 is 9.64 Å². The number of hydrogen-bond acceptors (Lipinski definition) is 4. The number of benzene rings is 3. The van der Waals surface area contributed by atoms with E-state index in [-0.39, 0.29) is 11.1 Å². The third-order valence-corrected chi connectivity index (χ3v) is 5.70. The van der Waals surface area contributed by atoms with Crippen LogP contribution in [0.1, 0.15) is 16.7 Å². The fourth-order valence-electron chi connectivity index (χ4n) is 2.94. The maximum Gasteiger partial charge on any atom is 0.298 e. The van der Waals surface area contributed by atoms with Crippen molar-refractivity contribution in [2.75, 3.05) is 4.90 Å². The maximum atomic E-state index is 12.7. The normalized spacial score (nSPS) is 15.1. The smallest absolute Gasteiger partial charge is 0.298 e. The zero-order valence-electron chi connectivity index (χ0n) is 16.2. The number of ether oxygens (including phenoxy) is 1. The number of anilines is 1. The van der Waals surface area contributed by atoms with Crippen molar-refractivity contribution in [3.05, 3.63) is 99.4 Å². The van der Waals surface area contributed by atoms with Gasteiger partial charge in [-0.05, 0) is 72.3 Å². The second-order valence-corrected chi connectivity index (χ2v) is 8.27. The van der Waals surface area contributed by atoms with Gasteiger partial charge in [-0.3, -0.25) is 9.59 Å². The molecule has 0 N–H and O–H groups in total. The van der Waals surface area contributed by atoms with E-state index < -0.39 is 0 Å². The van der Waals surface area contributed by atoms with Crippen LogP contribution >= 0.6 is 23.4 Å². The molecule has 0 aromatic heterocycles. The average molecular weight is 436 g/mol. The molecular weight excluding hydrogens is 418 g/mol. The molecule has 1 aliphatic rings. The Kier molecular flexibility index (Phi) is 5.93. The molecule has 1 fully saturated rings. The van der Waals surface area contributed by atoms with Crippen LogP contribution in [0.25, 0.3) is 6.08 Å². The summed E-state index contributed by atoms with van der Waals surface area (Å²) in [5, 5.41) is 0.396. The molecule has 1 aliphatic heterocycles. The summed E-state index contributed by atoms with van der Waals surface area (Å²) in [6.45, 7) is 2.40. The number of carbonyl (C=O) groups excluding carboxylic acids is 2. The Morgan fingerprint density at radius 3 is 2.27 bits per heavy atom. The van der Waals surface area contributed by atoms with Gasteiger partial charge in [0.05, 0.1) is 10.6 Å². The van der Waals surface area contributed by atoms with E-state index in [9.17, 15) is 9.59 Å². The molecule has 30 heavy (non-hydrogen) atoms. The summed E-state index contributed by atoms with van der Waals surface area (Å²) in [6.07, 6.45) is 1.72. The van der Waals surface area contributed by atoms with Crippen LogP contribution in [0.15, 0.2) is 77.7 Å². The molecular formula is C24H18ClNO3S. The van der Waals surface area contributed by atoms with Crippen molar-refractivity contribution in [2.45, 2.75) is 13.5 Å². The van der Waals surface area contributed by atoms with Gasteiger partial charge in [0, 0.05) is 5.02 Å². The van der Waals surface area contributed by atoms with E-state index >= 15 is 0 Å². The van der Waals surface area contributed by atoms with E-state index in [4.69, 9.17) is 16.3 Å². The van der Waals surface area contributed by atoms with Crippen molar-refractivity contribution in [2.24, 2.45) is 0 Å². The van der Waals surface area contributed by atoms with E-state index in [2.05, 4.69) is 0 Å². The number of nitrogens with zero attached hydrogens (tertiary/aromatic N) is 1. The summed E-state index contributed by atoms with van der Waals surface area (Å²) in [6, 6.07) is 22.2. The first-order chi connectivity index (χ1) is 14.5. The summed E-state index contributed by atoms with van der Waals surface area (Å²) >= 11 is 6.83. The predicted octanol–water partition coefficient (Wildman–Crippen LogP) is 6.47. The zero-order chi connectivity index (χ0) is 21.1. The molecule has 0 spiro atoms. The third kappa shape index (κ3) is 4.58. The molecule has 150 valence electrons. The second kappa shape index (κ2) is 8.78. The fourth-order valence-corrected chi connectivity index (χ4v) is 3.91. The molecule has 0 saturated carbocycles. The van der Waals surface area contributed by atoms with Crippen LogP contribution in [-0.4, -0.2) is 11.1 Å². The van der Waals surface area contributed by atoms with Crippen molar-refractivity contribution in [1.82, 2.24) is 0 Å². The number of thioether (sulfide) groups is 1. The van der Waals surface area contributed by atoms with E-state index in [0.717, 1.165) is 34.2 Å². The first-order valence-electron chi connectivity index (χ1n) is 9.31. The highest BCUT2D eigenvalue weighted by Gasteiger charge is 2.36. The SMILES string of the molecule is Cc1ccc(N2C(=O)S/C(=C\c3ccc(OCc4ccc(Cl)cc4)cc3)C2=O)cc1. The number of amides is 2. The van der Waals surface area contributed by atoms with Gasteiger partial charge >= 0.3 is 0 Å². The lowest BCUT2D eigenvalue weighted by Gasteiger charge is -2.12. The maximum absolute atomic E-state index is 12.7. The van der Waals surface area contributed by atoms with Gasteiger partial charge in [-0.2, -0.15) is 0 Å². The number of aryl methyl sites for hydroxylation is 1. The molecule has 4 rings (SSSR count). The van der Waals surface area contributed by atoms with E-state index in [0.29, 0.717) is 22.2 Å². The van der Waals surface area contributed by atoms with Gasteiger partial charge in [-0.1, -0.05) is 53.6 Å². The monoisotopic (exact) mass is 435 g/mol. The summed E-state index contributed by atoms with van der Waals surface area (Å²) in [5.74, 6) is 0.409. The number of halogens is 1. The van der Waals surface area contributed by atoms with Crippen LogP contribution in [0, 0.1) is 6.92 Å². The van der Waals surface area contributed by atoms with Gasteiger partial charge in [0.2, 0.25) is 0 Å². The molecule has 1 heterocycles. The minimum Gasteiger partial charge on any atom is -0.489 e. The second-order valence-electron chi connectivity index (χ2n) is 6.84. The van der Waals surface area contributed by atoms with Crippen LogP contribution in [-0.2, 0) is 11.4 Å². The molecule has 3 aromatic carbocycles. The Morgan fingerprint density at radius 1 is 0.933 bits per heavy atom. The molecule has 0 bridgehead atoms. The van der Waals surface area contributed by atoms with Gasteiger partial charge in [0.1, 0.15) is 12.4 Å². The molecule has 0 unspecified atom stereocenters. The first kappa shape index (κ1) is 20.3. The number of rotatable bonds is 5.